The molecule has 0 aromatic heterocycles. The molecule has 84 valence electrons. The maximum atomic E-state index is 12.0. The van der Waals surface area contributed by atoms with Gasteiger partial charge in [-0.1, -0.05) is 20.8 Å². The second-order valence-electron chi connectivity index (χ2n) is 5.72. The van der Waals surface area contributed by atoms with Crippen molar-refractivity contribution in [2.75, 3.05) is 7.05 Å². The van der Waals surface area contributed by atoms with Crippen molar-refractivity contribution in [2.24, 2.45) is 16.2 Å². The highest BCUT2D eigenvalue weighted by atomic mass is 16.2. The van der Waals surface area contributed by atoms with Gasteiger partial charge in [0, 0.05) is 18.9 Å². The molecular formula is C12H19NO2. The van der Waals surface area contributed by atoms with E-state index in [1.165, 1.54) is 0 Å². The van der Waals surface area contributed by atoms with Gasteiger partial charge in [-0.3, -0.25) is 9.59 Å². The lowest BCUT2D eigenvalue weighted by molar-refractivity contribution is -0.136. The molecule has 3 nitrogen and oxygen atoms in total. The SMILES string of the molecule is CNC(=O)[C@@]12CC[C@](C)(C(=O)C1)C2(C)C. The molecule has 0 saturated heterocycles. The number of nitrogens with one attached hydrogen (secondary N) is 1. The fourth-order valence-corrected chi connectivity index (χ4v) is 3.60. The van der Waals surface area contributed by atoms with Gasteiger partial charge >= 0.3 is 0 Å². The van der Waals surface area contributed by atoms with Crippen molar-refractivity contribution in [3.8, 4) is 0 Å². The molecule has 1 N–H and O–H groups in total. The zero-order valence-corrected chi connectivity index (χ0v) is 9.94. The summed E-state index contributed by atoms with van der Waals surface area (Å²) in [6, 6.07) is 0. The Morgan fingerprint density at radius 3 is 2.20 bits per heavy atom. The van der Waals surface area contributed by atoms with Crippen LogP contribution in [0.15, 0.2) is 0 Å². The third kappa shape index (κ3) is 0.876. The van der Waals surface area contributed by atoms with Crippen LogP contribution in [0.4, 0.5) is 0 Å². The van der Waals surface area contributed by atoms with E-state index >= 15 is 0 Å². The molecule has 2 atom stereocenters. The summed E-state index contributed by atoms with van der Waals surface area (Å²) >= 11 is 0. The monoisotopic (exact) mass is 209 g/mol. The van der Waals surface area contributed by atoms with Crippen molar-refractivity contribution in [1.29, 1.82) is 0 Å². The molecule has 2 fully saturated rings. The number of ketones is 1. The molecule has 2 bridgehead atoms. The molecule has 0 aliphatic heterocycles. The fraction of sp³-hybridized carbons (Fsp3) is 0.833. The number of carbonyl (C=O) groups excluding carboxylic acids is 2. The first-order valence-corrected chi connectivity index (χ1v) is 5.57. The second kappa shape index (κ2) is 2.63. The summed E-state index contributed by atoms with van der Waals surface area (Å²) in [4.78, 5) is 24.1. The van der Waals surface area contributed by atoms with E-state index < -0.39 is 5.41 Å². The van der Waals surface area contributed by atoms with Crippen LogP contribution in [0, 0.1) is 16.2 Å². The average molecular weight is 209 g/mol. The molecule has 0 aromatic carbocycles. The normalized spacial score (nSPS) is 42.0. The first-order valence-electron chi connectivity index (χ1n) is 5.57. The lowest BCUT2D eigenvalue weighted by atomic mass is 9.64. The maximum absolute atomic E-state index is 12.0. The van der Waals surface area contributed by atoms with E-state index in [1.54, 1.807) is 7.05 Å². The van der Waals surface area contributed by atoms with Crippen LogP contribution in [0.5, 0.6) is 0 Å². The van der Waals surface area contributed by atoms with E-state index in [-0.39, 0.29) is 22.5 Å². The summed E-state index contributed by atoms with van der Waals surface area (Å²) in [6.45, 7) is 6.16. The van der Waals surface area contributed by atoms with Crippen molar-refractivity contribution in [2.45, 2.75) is 40.0 Å². The first-order chi connectivity index (χ1) is 6.82. The summed E-state index contributed by atoms with van der Waals surface area (Å²) in [5.74, 6) is 0.310. The van der Waals surface area contributed by atoms with Gasteiger partial charge in [0.15, 0.2) is 0 Å². The number of hydrogen-bond acceptors (Lipinski definition) is 2. The molecule has 0 radical (unpaired) electrons. The van der Waals surface area contributed by atoms with Gasteiger partial charge < -0.3 is 5.32 Å². The van der Waals surface area contributed by atoms with Crippen molar-refractivity contribution >= 4 is 11.7 Å². The Kier molecular flexibility index (Phi) is 1.87. The predicted octanol–water partition coefficient (Wildman–Crippen LogP) is 1.52. The quantitative estimate of drug-likeness (QED) is 0.711. The van der Waals surface area contributed by atoms with Crippen LogP contribution in [-0.4, -0.2) is 18.7 Å². The fourth-order valence-electron chi connectivity index (χ4n) is 3.60. The third-order valence-corrected chi connectivity index (χ3v) is 5.37. The van der Waals surface area contributed by atoms with Gasteiger partial charge in [-0.05, 0) is 18.3 Å². The number of hydrogen-bond donors (Lipinski definition) is 1. The van der Waals surface area contributed by atoms with E-state index in [2.05, 4.69) is 19.2 Å². The minimum Gasteiger partial charge on any atom is -0.359 e. The molecule has 2 aliphatic rings. The first kappa shape index (κ1) is 10.7. The number of Topliss-reactive ketones (excluding diaryl/α,β-unsaturated/α-hetero) is 1. The Hall–Kier alpha value is -0.860. The van der Waals surface area contributed by atoms with Crippen LogP contribution < -0.4 is 5.32 Å². The van der Waals surface area contributed by atoms with Gasteiger partial charge in [-0.2, -0.15) is 0 Å². The van der Waals surface area contributed by atoms with Crippen molar-refractivity contribution in [3.05, 3.63) is 0 Å². The number of fused-ring (bicyclic) bond motifs is 2. The lowest BCUT2D eigenvalue weighted by Crippen LogP contribution is -2.45. The van der Waals surface area contributed by atoms with Crippen LogP contribution in [0.1, 0.15) is 40.0 Å². The van der Waals surface area contributed by atoms with Gasteiger partial charge in [0.2, 0.25) is 5.91 Å². The van der Waals surface area contributed by atoms with E-state index in [0.717, 1.165) is 12.8 Å². The summed E-state index contributed by atoms with van der Waals surface area (Å²) in [5.41, 5.74) is -0.954. The summed E-state index contributed by atoms with van der Waals surface area (Å²) in [6.07, 6.45) is 2.13. The Morgan fingerprint density at radius 2 is 1.87 bits per heavy atom. The molecule has 0 aromatic rings. The second-order valence-corrected chi connectivity index (χ2v) is 5.72. The topological polar surface area (TPSA) is 46.2 Å². The highest BCUT2D eigenvalue weighted by Crippen LogP contribution is 2.70. The van der Waals surface area contributed by atoms with Crippen LogP contribution >= 0.6 is 0 Å². The molecule has 3 heteroatoms. The molecule has 1 amide bonds. The summed E-state index contributed by atoms with van der Waals surface area (Å²) in [7, 11) is 1.66. The van der Waals surface area contributed by atoms with Gasteiger partial charge in [0.25, 0.3) is 0 Å². The standard InChI is InChI=1S/C12H19NO2/c1-10(2)11(3)5-6-12(10,7-8(11)14)9(15)13-4/h5-7H2,1-4H3,(H,13,15)/t11-,12-/m1/s1. The predicted molar refractivity (Wildman–Crippen MR) is 57.2 cm³/mol. The molecule has 0 unspecified atom stereocenters. The van der Waals surface area contributed by atoms with E-state index in [0.29, 0.717) is 6.42 Å². The Labute approximate surface area is 90.6 Å². The minimum atomic E-state index is -0.451. The van der Waals surface area contributed by atoms with Gasteiger partial charge in [0.1, 0.15) is 5.78 Å². The van der Waals surface area contributed by atoms with Gasteiger partial charge in [0.05, 0.1) is 5.41 Å². The number of rotatable bonds is 1. The smallest absolute Gasteiger partial charge is 0.226 e. The summed E-state index contributed by atoms with van der Waals surface area (Å²) in [5, 5.41) is 2.73. The Morgan fingerprint density at radius 1 is 1.27 bits per heavy atom. The highest BCUT2D eigenvalue weighted by Gasteiger charge is 2.72. The molecular weight excluding hydrogens is 190 g/mol. The minimum absolute atomic E-state index is 0.0436. The maximum Gasteiger partial charge on any atom is 0.226 e. The van der Waals surface area contributed by atoms with Crippen LogP contribution in [-0.2, 0) is 9.59 Å². The summed E-state index contributed by atoms with van der Waals surface area (Å²) < 4.78 is 0. The van der Waals surface area contributed by atoms with Crippen molar-refractivity contribution < 1.29 is 9.59 Å². The molecule has 2 rings (SSSR count). The van der Waals surface area contributed by atoms with Gasteiger partial charge in [-0.25, -0.2) is 0 Å². The Balaban J connectivity index is 2.54. The van der Waals surface area contributed by atoms with Crippen LogP contribution in [0.3, 0.4) is 0 Å². The zero-order chi connectivity index (χ0) is 11.5. The average Bonchev–Trinajstić information content (AvgIpc) is 2.47. The molecule has 2 saturated carbocycles. The van der Waals surface area contributed by atoms with Crippen LogP contribution in [0.25, 0.3) is 0 Å². The van der Waals surface area contributed by atoms with E-state index in [4.69, 9.17) is 0 Å². The van der Waals surface area contributed by atoms with E-state index in [1.807, 2.05) is 6.92 Å². The third-order valence-electron chi connectivity index (χ3n) is 5.37. The molecule has 0 spiro atoms. The Bertz CT molecular complexity index is 348. The number of carbonyl (C=O) groups is 2. The molecule has 15 heavy (non-hydrogen) atoms. The number of amides is 1. The van der Waals surface area contributed by atoms with Crippen molar-refractivity contribution in [1.82, 2.24) is 5.32 Å². The highest BCUT2D eigenvalue weighted by molar-refractivity contribution is 5.99. The lowest BCUT2D eigenvalue weighted by Gasteiger charge is -2.38. The zero-order valence-electron chi connectivity index (χ0n) is 9.94. The van der Waals surface area contributed by atoms with Crippen molar-refractivity contribution in [3.63, 3.8) is 0 Å². The molecule has 0 heterocycles. The van der Waals surface area contributed by atoms with Gasteiger partial charge in [-0.15, -0.1) is 0 Å². The molecule has 2 aliphatic carbocycles. The van der Waals surface area contributed by atoms with Crippen LogP contribution in [0.2, 0.25) is 0 Å². The largest absolute Gasteiger partial charge is 0.359 e. The van der Waals surface area contributed by atoms with E-state index in [9.17, 15) is 9.59 Å².